The molecule has 2 rings (SSSR count). The lowest BCUT2D eigenvalue weighted by Gasteiger charge is -2.09. The highest BCUT2D eigenvalue weighted by molar-refractivity contribution is 7.91. The quantitative estimate of drug-likeness (QED) is 0.627. The summed E-state index contributed by atoms with van der Waals surface area (Å²) in [4.78, 5) is 23.3. The largest absolute Gasteiger partial charge is 0.456 e. The number of thiophene rings is 1. The van der Waals surface area contributed by atoms with Gasteiger partial charge in [-0.3, -0.25) is 9.59 Å². The molecule has 0 saturated heterocycles. The Morgan fingerprint density at radius 1 is 1.15 bits per heavy atom. The number of carbonyl (C=O) groups excluding carboxylic acids is 2. The van der Waals surface area contributed by atoms with E-state index >= 15 is 0 Å². The molecule has 2 N–H and O–H groups in total. The third-order valence-electron chi connectivity index (χ3n) is 3.48. The molecule has 0 aliphatic rings. The Morgan fingerprint density at radius 3 is 2.62 bits per heavy atom. The van der Waals surface area contributed by atoms with E-state index < -0.39 is 28.5 Å². The van der Waals surface area contributed by atoms with Crippen molar-refractivity contribution in [3.63, 3.8) is 0 Å². The number of amides is 1. The predicted octanol–water partition coefficient (Wildman–Crippen LogP) is 1.58. The minimum atomic E-state index is -3.61. The molecule has 0 aliphatic heterocycles. The Morgan fingerprint density at radius 2 is 1.92 bits per heavy atom. The van der Waals surface area contributed by atoms with E-state index in [-0.39, 0.29) is 17.2 Å². The van der Waals surface area contributed by atoms with Gasteiger partial charge in [-0.05, 0) is 29.5 Å². The zero-order chi connectivity index (χ0) is 19.0. The van der Waals surface area contributed by atoms with Crippen LogP contribution < -0.4 is 10.0 Å². The second-order valence-electron chi connectivity index (χ2n) is 5.44. The number of sulfonamides is 1. The Labute approximate surface area is 156 Å². The minimum absolute atomic E-state index is 0.0934. The fraction of sp³-hybridized carbons (Fsp3) is 0.294. The van der Waals surface area contributed by atoms with Crippen molar-refractivity contribution < 1.29 is 22.7 Å². The Hall–Kier alpha value is -2.23. The highest BCUT2D eigenvalue weighted by atomic mass is 32.2. The van der Waals surface area contributed by atoms with Crippen molar-refractivity contribution in [3.05, 3.63) is 52.9 Å². The first-order valence-electron chi connectivity index (χ1n) is 7.88. The summed E-state index contributed by atoms with van der Waals surface area (Å²) in [6.45, 7) is 1.80. The van der Waals surface area contributed by atoms with Crippen LogP contribution in [0.15, 0.2) is 46.0 Å². The smallest absolute Gasteiger partial charge is 0.307 e. The lowest BCUT2D eigenvalue weighted by atomic mass is 10.1. The number of ether oxygens (including phenoxy) is 1. The maximum atomic E-state index is 11.9. The summed E-state index contributed by atoms with van der Waals surface area (Å²) < 4.78 is 31.1. The number of esters is 1. The molecule has 140 valence electrons. The van der Waals surface area contributed by atoms with Crippen LogP contribution in [0.4, 0.5) is 0 Å². The topological polar surface area (TPSA) is 102 Å². The van der Waals surface area contributed by atoms with Gasteiger partial charge in [0.1, 0.15) is 4.21 Å². The van der Waals surface area contributed by atoms with Gasteiger partial charge < -0.3 is 10.1 Å². The van der Waals surface area contributed by atoms with Crippen LogP contribution in [0, 0.1) is 6.92 Å². The first-order valence-corrected chi connectivity index (χ1v) is 10.2. The van der Waals surface area contributed by atoms with E-state index in [9.17, 15) is 18.0 Å². The van der Waals surface area contributed by atoms with E-state index in [0.717, 1.165) is 22.5 Å². The van der Waals surface area contributed by atoms with E-state index in [2.05, 4.69) is 10.0 Å². The summed E-state index contributed by atoms with van der Waals surface area (Å²) in [6.07, 6.45) is -0.157. The van der Waals surface area contributed by atoms with Crippen LogP contribution in [0.1, 0.15) is 17.5 Å². The van der Waals surface area contributed by atoms with Gasteiger partial charge in [0.05, 0.1) is 6.42 Å². The van der Waals surface area contributed by atoms with Crippen molar-refractivity contribution >= 4 is 33.2 Å². The van der Waals surface area contributed by atoms with Crippen molar-refractivity contribution in [1.29, 1.82) is 0 Å². The zero-order valence-electron chi connectivity index (χ0n) is 14.2. The molecule has 0 radical (unpaired) electrons. The van der Waals surface area contributed by atoms with Gasteiger partial charge in [0.15, 0.2) is 6.61 Å². The normalized spacial score (nSPS) is 11.1. The van der Waals surface area contributed by atoms with Crippen molar-refractivity contribution in [3.8, 4) is 0 Å². The van der Waals surface area contributed by atoms with Crippen molar-refractivity contribution in [2.24, 2.45) is 0 Å². The number of hydrogen-bond acceptors (Lipinski definition) is 6. The highest BCUT2D eigenvalue weighted by Gasteiger charge is 2.15. The molecule has 0 unspecified atom stereocenters. The molecular formula is C17H20N2O5S2. The lowest BCUT2D eigenvalue weighted by Crippen LogP contribution is -2.30. The predicted molar refractivity (Wildman–Crippen MR) is 98.1 cm³/mol. The molecule has 1 amide bonds. The fourth-order valence-electron chi connectivity index (χ4n) is 2.05. The van der Waals surface area contributed by atoms with Gasteiger partial charge in [-0.25, -0.2) is 13.1 Å². The second kappa shape index (κ2) is 9.46. The second-order valence-corrected chi connectivity index (χ2v) is 8.39. The zero-order valence-corrected chi connectivity index (χ0v) is 15.9. The molecule has 9 heteroatoms. The molecule has 0 saturated carbocycles. The summed E-state index contributed by atoms with van der Waals surface area (Å²) in [5, 5.41) is 4.32. The van der Waals surface area contributed by atoms with Crippen LogP contribution in [0.5, 0.6) is 0 Å². The summed E-state index contributed by atoms with van der Waals surface area (Å²) >= 11 is 1.09. The summed E-state index contributed by atoms with van der Waals surface area (Å²) in [6, 6.07) is 10.7. The maximum Gasteiger partial charge on any atom is 0.307 e. The van der Waals surface area contributed by atoms with E-state index in [1.807, 2.05) is 31.2 Å². The van der Waals surface area contributed by atoms with Gasteiger partial charge in [-0.15, -0.1) is 11.3 Å². The number of carbonyl (C=O) groups is 2. The maximum absolute atomic E-state index is 11.9. The fourth-order valence-corrected chi connectivity index (χ4v) is 4.12. The minimum Gasteiger partial charge on any atom is -0.456 e. The van der Waals surface area contributed by atoms with Gasteiger partial charge in [0, 0.05) is 13.1 Å². The van der Waals surface area contributed by atoms with Crippen LogP contribution in [0.2, 0.25) is 0 Å². The molecule has 0 spiro atoms. The Bertz CT molecular complexity index is 848. The Balaban J connectivity index is 1.65. The van der Waals surface area contributed by atoms with Crippen LogP contribution in [0.3, 0.4) is 0 Å². The molecule has 0 aliphatic carbocycles. The summed E-state index contributed by atoms with van der Waals surface area (Å²) in [5.74, 6) is -1.06. The van der Waals surface area contributed by atoms with Gasteiger partial charge >= 0.3 is 5.97 Å². The molecule has 7 nitrogen and oxygen atoms in total. The molecule has 26 heavy (non-hydrogen) atoms. The average molecular weight is 396 g/mol. The van der Waals surface area contributed by atoms with Gasteiger partial charge in [-0.2, -0.15) is 0 Å². The standard InChI is InChI=1S/C17H20N2O5S2/c1-13-5-2-3-6-14(13)11-18-15(20)12-24-16(21)8-9-19-26(22,23)17-7-4-10-25-17/h2-7,10,19H,8-9,11-12H2,1H3,(H,18,20). The van der Waals surface area contributed by atoms with Crippen molar-refractivity contribution in [1.82, 2.24) is 10.0 Å². The van der Waals surface area contributed by atoms with E-state index in [1.54, 1.807) is 11.4 Å². The highest BCUT2D eigenvalue weighted by Crippen LogP contribution is 2.15. The molecule has 1 heterocycles. The van der Waals surface area contributed by atoms with Crippen LogP contribution in [0.25, 0.3) is 0 Å². The third-order valence-corrected chi connectivity index (χ3v) is 6.34. The summed E-state index contributed by atoms with van der Waals surface area (Å²) in [7, 11) is -3.61. The van der Waals surface area contributed by atoms with Gasteiger partial charge in [-0.1, -0.05) is 30.3 Å². The van der Waals surface area contributed by atoms with Crippen LogP contribution in [-0.2, 0) is 30.9 Å². The molecule has 0 fully saturated rings. The van der Waals surface area contributed by atoms with E-state index in [1.165, 1.54) is 6.07 Å². The molecule has 0 atom stereocenters. The van der Waals surface area contributed by atoms with Crippen molar-refractivity contribution in [2.45, 2.75) is 24.1 Å². The first-order chi connectivity index (χ1) is 12.4. The monoisotopic (exact) mass is 396 g/mol. The lowest BCUT2D eigenvalue weighted by molar-refractivity contribution is -0.148. The van der Waals surface area contributed by atoms with Crippen molar-refractivity contribution in [2.75, 3.05) is 13.2 Å². The molecule has 0 bridgehead atoms. The average Bonchev–Trinajstić information content (AvgIpc) is 3.15. The SMILES string of the molecule is Cc1ccccc1CNC(=O)COC(=O)CCNS(=O)(=O)c1cccs1. The molecular weight excluding hydrogens is 376 g/mol. The van der Waals surface area contributed by atoms with Crippen LogP contribution >= 0.6 is 11.3 Å². The third kappa shape index (κ3) is 6.25. The Kier molecular flexibility index (Phi) is 7.31. The molecule has 1 aromatic carbocycles. The number of hydrogen-bond donors (Lipinski definition) is 2. The van der Waals surface area contributed by atoms with Crippen LogP contribution in [-0.4, -0.2) is 33.4 Å². The van der Waals surface area contributed by atoms with Gasteiger partial charge in [0.2, 0.25) is 10.0 Å². The van der Waals surface area contributed by atoms with Gasteiger partial charge in [0.25, 0.3) is 5.91 Å². The molecule has 1 aromatic heterocycles. The van der Waals surface area contributed by atoms with E-state index in [4.69, 9.17) is 4.74 Å². The molecule has 2 aromatic rings. The van der Waals surface area contributed by atoms with E-state index in [0.29, 0.717) is 6.54 Å². The number of aryl methyl sites for hydroxylation is 1. The summed E-state index contributed by atoms with van der Waals surface area (Å²) in [5.41, 5.74) is 2.04. The number of nitrogens with one attached hydrogen (secondary N) is 2. The number of benzene rings is 1. The number of rotatable bonds is 9. The first kappa shape index (κ1) is 20.1.